The van der Waals surface area contributed by atoms with E-state index in [1.54, 1.807) is 18.2 Å². The molecule has 0 aliphatic heterocycles. The van der Waals surface area contributed by atoms with Gasteiger partial charge in [0.25, 0.3) is 0 Å². The zero-order valence-electron chi connectivity index (χ0n) is 9.71. The number of hydrogen-bond donors (Lipinski definition) is 1. The molecule has 88 valence electrons. The number of benzene rings is 1. The molecule has 1 atom stereocenters. The number of nitrogens with one attached hydrogen (secondary N) is 1. The van der Waals surface area contributed by atoms with Gasteiger partial charge in [0.15, 0.2) is 0 Å². The smallest absolute Gasteiger partial charge is 0.340 e. The van der Waals surface area contributed by atoms with Crippen LogP contribution in [0.25, 0.3) is 0 Å². The van der Waals surface area contributed by atoms with Gasteiger partial charge in [-0.15, -0.1) is 0 Å². The van der Waals surface area contributed by atoms with Crippen LogP contribution in [0.1, 0.15) is 30.6 Å². The largest absolute Gasteiger partial charge is 0.465 e. The molecule has 0 aliphatic carbocycles. The Labute approximate surface area is 101 Å². The summed E-state index contributed by atoms with van der Waals surface area (Å²) in [7, 11) is 1.36. The molecule has 0 bridgehead atoms. The number of hydrogen-bond acceptors (Lipinski definition) is 3. The Bertz CT molecular complexity index is 379. The number of methoxy groups -OCH3 is 1. The van der Waals surface area contributed by atoms with Crippen LogP contribution in [0.4, 0.5) is 5.69 Å². The first-order valence-electron chi connectivity index (χ1n) is 5.23. The maximum atomic E-state index is 11.5. The van der Waals surface area contributed by atoms with Crippen molar-refractivity contribution in [2.24, 2.45) is 0 Å². The van der Waals surface area contributed by atoms with Crippen molar-refractivity contribution < 1.29 is 9.53 Å². The van der Waals surface area contributed by atoms with Gasteiger partial charge in [-0.3, -0.25) is 0 Å². The fourth-order valence-electron chi connectivity index (χ4n) is 1.30. The van der Waals surface area contributed by atoms with Crippen LogP contribution in [-0.2, 0) is 4.74 Å². The molecule has 0 radical (unpaired) electrons. The Morgan fingerprint density at radius 3 is 2.81 bits per heavy atom. The van der Waals surface area contributed by atoms with Crippen molar-refractivity contribution in [1.29, 1.82) is 0 Å². The number of carbonyl (C=O) groups excluding carboxylic acids is 1. The molecule has 0 saturated heterocycles. The zero-order chi connectivity index (χ0) is 12.1. The highest BCUT2D eigenvalue weighted by atomic mass is 35.5. The molecule has 0 aromatic heterocycles. The van der Waals surface area contributed by atoms with Gasteiger partial charge in [0.1, 0.15) is 0 Å². The van der Waals surface area contributed by atoms with Crippen LogP contribution >= 0.6 is 11.6 Å². The first-order valence-corrected chi connectivity index (χ1v) is 5.61. The van der Waals surface area contributed by atoms with Crippen LogP contribution in [-0.4, -0.2) is 19.1 Å². The molecule has 1 aromatic rings. The summed E-state index contributed by atoms with van der Waals surface area (Å²) < 4.78 is 4.71. The van der Waals surface area contributed by atoms with Crippen molar-refractivity contribution in [3.05, 3.63) is 28.8 Å². The van der Waals surface area contributed by atoms with Crippen molar-refractivity contribution in [2.75, 3.05) is 12.4 Å². The van der Waals surface area contributed by atoms with Crippen LogP contribution in [0.2, 0.25) is 5.02 Å². The Morgan fingerprint density at radius 1 is 1.56 bits per heavy atom. The van der Waals surface area contributed by atoms with Gasteiger partial charge in [-0.25, -0.2) is 4.79 Å². The fraction of sp³-hybridized carbons (Fsp3) is 0.417. The van der Waals surface area contributed by atoms with Crippen LogP contribution < -0.4 is 5.32 Å². The van der Waals surface area contributed by atoms with E-state index in [-0.39, 0.29) is 12.0 Å². The number of para-hydroxylation sites is 1. The molecule has 1 N–H and O–H groups in total. The second-order valence-electron chi connectivity index (χ2n) is 3.61. The molecule has 0 heterocycles. The first-order chi connectivity index (χ1) is 7.60. The third-order valence-electron chi connectivity index (χ3n) is 2.42. The number of anilines is 1. The second kappa shape index (κ2) is 5.75. The van der Waals surface area contributed by atoms with E-state index in [9.17, 15) is 4.79 Å². The number of rotatable bonds is 4. The Hall–Kier alpha value is -1.22. The summed E-state index contributed by atoms with van der Waals surface area (Å²) in [6.07, 6.45) is 0.950. The third-order valence-corrected chi connectivity index (χ3v) is 2.74. The molecule has 1 aromatic carbocycles. The topological polar surface area (TPSA) is 38.3 Å². The highest BCUT2D eigenvalue weighted by molar-refractivity contribution is 6.34. The van der Waals surface area contributed by atoms with E-state index in [4.69, 9.17) is 16.3 Å². The molecule has 0 fully saturated rings. The van der Waals surface area contributed by atoms with E-state index in [0.29, 0.717) is 16.3 Å². The molecule has 0 spiro atoms. The maximum absolute atomic E-state index is 11.5. The first kappa shape index (κ1) is 12.8. The molecule has 0 amide bonds. The van der Waals surface area contributed by atoms with Gasteiger partial charge in [0, 0.05) is 6.04 Å². The number of esters is 1. The number of halogens is 1. The van der Waals surface area contributed by atoms with Gasteiger partial charge in [-0.1, -0.05) is 24.6 Å². The lowest BCUT2D eigenvalue weighted by molar-refractivity contribution is 0.0602. The lowest BCUT2D eigenvalue weighted by atomic mass is 10.1. The monoisotopic (exact) mass is 241 g/mol. The molecule has 3 nitrogen and oxygen atoms in total. The van der Waals surface area contributed by atoms with Crippen molar-refractivity contribution in [1.82, 2.24) is 0 Å². The van der Waals surface area contributed by atoms with Gasteiger partial charge < -0.3 is 10.1 Å². The summed E-state index contributed by atoms with van der Waals surface area (Å²) in [4.78, 5) is 11.5. The van der Waals surface area contributed by atoms with Gasteiger partial charge >= 0.3 is 5.97 Å². The standard InChI is InChI=1S/C12H16ClNO2/c1-4-8(2)14-11-9(12(15)16-3)6-5-7-10(11)13/h5-8,14H,4H2,1-3H3. The van der Waals surface area contributed by atoms with Crippen LogP contribution in [0.3, 0.4) is 0 Å². The predicted molar refractivity (Wildman–Crippen MR) is 66.2 cm³/mol. The second-order valence-corrected chi connectivity index (χ2v) is 4.01. The predicted octanol–water partition coefficient (Wildman–Crippen LogP) is 3.34. The van der Waals surface area contributed by atoms with Crippen molar-refractivity contribution in [3.8, 4) is 0 Å². The van der Waals surface area contributed by atoms with Crippen molar-refractivity contribution >= 4 is 23.3 Å². The average Bonchev–Trinajstić information content (AvgIpc) is 2.30. The minimum atomic E-state index is -0.381. The van der Waals surface area contributed by atoms with Gasteiger partial charge in [0.05, 0.1) is 23.4 Å². The number of ether oxygens (including phenoxy) is 1. The summed E-state index contributed by atoms with van der Waals surface area (Å²) in [6, 6.07) is 5.43. The summed E-state index contributed by atoms with van der Waals surface area (Å²) in [6.45, 7) is 4.09. The van der Waals surface area contributed by atoms with Crippen molar-refractivity contribution in [2.45, 2.75) is 26.3 Å². The minimum absolute atomic E-state index is 0.253. The summed E-state index contributed by atoms with van der Waals surface area (Å²) >= 11 is 6.06. The minimum Gasteiger partial charge on any atom is -0.465 e. The van der Waals surface area contributed by atoms with E-state index in [1.165, 1.54) is 7.11 Å². The van der Waals surface area contributed by atoms with Crippen LogP contribution in [0.15, 0.2) is 18.2 Å². The van der Waals surface area contributed by atoms with E-state index in [2.05, 4.69) is 12.2 Å². The van der Waals surface area contributed by atoms with E-state index in [1.807, 2.05) is 6.92 Å². The third kappa shape index (κ3) is 2.89. The lowest BCUT2D eigenvalue weighted by Gasteiger charge is -2.17. The molecular weight excluding hydrogens is 226 g/mol. The molecule has 1 rings (SSSR count). The zero-order valence-corrected chi connectivity index (χ0v) is 10.5. The Balaban J connectivity index is 3.08. The summed E-state index contributed by atoms with van der Waals surface area (Å²) in [5.41, 5.74) is 1.11. The maximum Gasteiger partial charge on any atom is 0.340 e. The molecule has 4 heteroatoms. The molecule has 1 unspecified atom stereocenters. The normalized spacial score (nSPS) is 12.0. The van der Waals surface area contributed by atoms with Crippen LogP contribution in [0, 0.1) is 0 Å². The van der Waals surface area contributed by atoms with Gasteiger partial charge in [-0.05, 0) is 25.5 Å². The molecular formula is C12H16ClNO2. The molecule has 0 saturated carbocycles. The molecule has 0 aliphatic rings. The van der Waals surface area contributed by atoms with E-state index < -0.39 is 0 Å². The summed E-state index contributed by atoms with van der Waals surface area (Å²) in [5.74, 6) is -0.381. The lowest BCUT2D eigenvalue weighted by Crippen LogP contribution is -2.17. The highest BCUT2D eigenvalue weighted by Gasteiger charge is 2.15. The van der Waals surface area contributed by atoms with Crippen molar-refractivity contribution in [3.63, 3.8) is 0 Å². The Morgan fingerprint density at radius 2 is 2.25 bits per heavy atom. The quantitative estimate of drug-likeness (QED) is 0.822. The summed E-state index contributed by atoms with van der Waals surface area (Å²) in [5, 5.41) is 3.74. The SMILES string of the molecule is CCC(C)Nc1c(Cl)cccc1C(=O)OC. The Kier molecular flexibility index (Phi) is 4.62. The van der Waals surface area contributed by atoms with Gasteiger partial charge in [-0.2, -0.15) is 0 Å². The average molecular weight is 242 g/mol. The molecule has 16 heavy (non-hydrogen) atoms. The number of carbonyl (C=O) groups is 1. The fourth-order valence-corrected chi connectivity index (χ4v) is 1.53. The van der Waals surface area contributed by atoms with E-state index in [0.717, 1.165) is 6.42 Å². The van der Waals surface area contributed by atoms with Gasteiger partial charge in [0.2, 0.25) is 0 Å². The van der Waals surface area contributed by atoms with Crippen LogP contribution in [0.5, 0.6) is 0 Å². The van der Waals surface area contributed by atoms with E-state index >= 15 is 0 Å². The highest BCUT2D eigenvalue weighted by Crippen LogP contribution is 2.27.